The standard InChI is InChI=1S/C8H9Br2NO2S/c1-4(3-12)11-8(13)6-2-5(9)7(10)14-6/h2,4,12H,3H2,1H3,(H,11,13)/t4-/m0/s1. The van der Waals surface area contributed by atoms with E-state index in [1.165, 1.54) is 11.3 Å². The molecule has 0 aliphatic heterocycles. The van der Waals surface area contributed by atoms with Crippen LogP contribution in [0.1, 0.15) is 16.6 Å². The molecule has 2 N–H and O–H groups in total. The molecular weight excluding hydrogens is 334 g/mol. The van der Waals surface area contributed by atoms with Gasteiger partial charge in [-0.3, -0.25) is 4.79 Å². The van der Waals surface area contributed by atoms with Crippen LogP contribution in [0.15, 0.2) is 14.3 Å². The number of nitrogens with one attached hydrogen (secondary N) is 1. The van der Waals surface area contributed by atoms with Crippen molar-refractivity contribution >= 4 is 49.1 Å². The van der Waals surface area contributed by atoms with Crippen LogP contribution < -0.4 is 5.32 Å². The molecule has 3 nitrogen and oxygen atoms in total. The molecule has 78 valence electrons. The van der Waals surface area contributed by atoms with E-state index in [0.29, 0.717) is 4.88 Å². The van der Waals surface area contributed by atoms with E-state index in [1.54, 1.807) is 13.0 Å². The van der Waals surface area contributed by atoms with E-state index in [0.717, 1.165) is 8.26 Å². The van der Waals surface area contributed by atoms with Gasteiger partial charge in [0.25, 0.3) is 5.91 Å². The van der Waals surface area contributed by atoms with Crippen LogP contribution in [-0.4, -0.2) is 23.7 Å². The number of thiophene rings is 1. The number of hydrogen-bond donors (Lipinski definition) is 2. The van der Waals surface area contributed by atoms with Crippen molar-refractivity contribution in [3.8, 4) is 0 Å². The van der Waals surface area contributed by atoms with Gasteiger partial charge in [0.15, 0.2) is 0 Å². The normalized spacial score (nSPS) is 12.6. The Morgan fingerprint density at radius 2 is 2.36 bits per heavy atom. The number of aliphatic hydroxyl groups excluding tert-OH is 1. The summed E-state index contributed by atoms with van der Waals surface area (Å²) in [5.74, 6) is -0.164. The third-order valence-electron chi connectivity index (χ3n) is 1.52. The molecule has 0 spiro atoms. The van der Waals surface area contributed by atoms with Crippen molar-refractivity contribution in [2.75, 3.05) is 6.61 Å². The van der Waals surface area contributed by atoms with Crippen LogP contribution >= 0.6 is 43.2 Å². The van der Waals surface area contributed by atoms with Crippen molar-refractivity contribution in [2.45, 2.75) is 13.0 Å². The zero-order valence-electron chi connectivity index (χ0n) is 7.38. The minimum Gasteiger partial charge on any atom is -0.394 e. The van der Waals surface area contributed by atoms with Crippen LogP contribution in [0.5, 0.6) is 0 Å². The summed E-state index contributed by atoms with van der Waals surface area (Å²) in [6.45, 7) is 1.69. The molecule has 0 bridgehead atoms. The predicted octanol–water partition coefficient (Wildman–Crippen LogP) is 2.38. The van der Waals surface area contributed by atoms with Gasteiger partial charge in [-0.2, -0.15) is 0 Å². The summed E-state index contributed by atoms with van der Waals surface area (Å²) >= 11 is 7.96. The molecule has 1 heterocycles. The van der Waals surface area contributed by atoms with Gasteiger partial charge in [-0.25, -0.2) is 0 Å². The van der Waals surface area contributed by atoms with Crippen LogP contribution in [0.3, 0.4) is 0 Å². The molecule has 0 aliphatic carbocycles. The van der Waals surface area contributed by atoms with Crippen molar-refractivity contribution in [3.05, 3.63) is 19.2 Å². The largest absolute Gasteiger partial charge is 0.394 e. The predicted molar refractivity (Wildman–Crippen MR) is 63.7 cm³/mol. The average Bonchev–Trinajstić information content (AvgIpc) is 2.47. The van der Waals surface area contributed by atoms with Crippen LogP contribution in [0.4, 0.5) is 0 Å². The lowest BCUT2D eigenvalue weighted by molar-refractivity contribution is 0.0926. The van der Waals surface area contributed by atoms with Crippen molar-refractivity contribution in [1.82, 2.24) is 5.32 Å². The molecule has 1 rings (SSSR count). The fourth-order valence-electron chi connectivity index (χ4n) is 0.799. The topological polar surface area (TPSA) is 49.3 Å². The summed E-state index contributed by atoms with van der Waals surface area (Å²) < 4.78 is 1.75. The molecule has 0 aliphatic rings. The second-order valence-corrected chi connectivity index (χ2v) is 6.01. The number of rotatable bonds is 3. The van der Waals surface area contributed by atoms with E-state index in [2.05, 4.69) is 37.2 Å². The Labute approximate surface area is 103 Å². The highest BCUT2D eigenvalue weighted by molar-refractivity contribution is 9.13. The monoisotopic (exact) mass is 341 g/mol. The van der Waals surface area contributed by atoms with Gasteiger partial charge in [-0.05, 0) is 44.8 Å². The van der Waals surface area contributed by atoms with E-state index >= 15 is 0 Å². The molecular formula is C8H9Br2NO2S. The van der Waals surface area contributed by atoms with Gasteiger partial charge in [0.05, 0.1) is 15.3 Å². The average molecular weight is 343 g/mol. The molecule has 14 heavy (non-hydrogen) atoms. The molecule has 0 radical (unpaired) electrons. The summed E-state index contributed by atoms with van der Waals surface area (Å²) in [6.07, 6.45) is 0. The molecule has 1 aromatic rings. The van der Waals surface area contributed by atoms with Gasteiger partial charge in [-0.1, -0.05) is 0 Å². The Morgan fingerprint density at radius 1 is 1.71 bits per heavy atom. The summed E-state index contributed by atoms with van der Waals surface area (Å²) in [7, 11) is 0. The van der Waals surface area contributed by atoms with Gasteiger partial charge < -0.3 is 10.4 Å². The molecule has 1 aromatic heterocycles. The van der Waals surface area contributed by atoms with Gasteiger partial charge in [0.1, 0.15) is 0 Å². The van der Waals surface area contributed by atoms with E-state index in [-0.39, 0.29) is 18.6 Å². The second kappa shape index (κ2) is 5.25. The van der Waals surface area contributed by atoms with Crippen LogP contribution in [0.2, 0.25) is 0 Å². The molecule has 6 heteroatoms. The van der Waals surface area contributed by atoms with Crippen LogP contribution in [0, 0.1) is 0 Å². The number of hydrogen-bond acceptors (Lipinski definition) is 3. The highest BCUT2D eigenvalue weighted by Gasteiger charge is 2.13. The fourth-order valence-corrected chi connectivity index (χ4v) is 2.74. The summed E-state index contributed by atoms with van der Waals surface area (Å²) in [4.78, 5) is 12.1. The first-order valence-electron chi connectivity index (χ1n) is 3.91. The van der Waals surface area contributed by atoms with Crippen LogP contribution in [0.25, 0.3) is 0 Å². The molecule has 0 fully saturated rings. The summed E-state index contributed by atoms with van der Waals surface area (Å²) in [5, 5.41) is 11.4. The molecule has 0 saturated carbocycles. The van der Waals surface area contributed by atoms with Crippen molar-refractivity contribution in [1.29, 1.82) is 0 Å². The minimum absolute atomic E-state index is 0.0561. The summed E-state index contributed by atoms with van der Waals surface area (Å²) in [6, 6.07) is 1.52. The Kier molecular flexibility index (Phi) is 4.56. The number of amides is 1. The smallest absolute Gasteiger partial charge is 0.261 e. The van der Waals surface area contributed by atoms with Crippen LogP contribution in [-0.2, 0) is 0 Å². The van der Waals surface area contributed by atoms with Crippen molar-refractivity contribution < 1.29 is 9.90 Å². The maximum absolute atomic E-state index is 11.5. The van der Waals surface area contributed by atoms with E-state index in [9.17, 15) is 4.79 Å². The molecule has 0 unspecified atom stereocenters. The van der Waals surface area contributed by atoms with Gasteiger partial charge in [0, 0.05) is 10.5 Å². The fraction of sp³-hybridized carbons (Fsp3) is 0.375. The Hall–Kier alpha value is 0.0900. The van der Waals surface area contributed by atoms with E-state index in [1.807, 2.05) is 0 Å². The first kappa shape index (κ1) is 12.2. The highest BCUT2D eigenvalue weighted by Crippen LogP contribution is 2.32. The SMILES string of the molecule is C[C@@H](CO)NC(=O)c1cc(Br)c(Br)s1. The van der Waals surface area contributed by atoms with Gasteiger partial charge in [-0.15, -0.1) is 11.3 Å². The lowest BCUT2D eigenvalue weighted by Gasteiger charge is -2.08. The Bertz CT molecular complexity index is 321. The number of carbonyl (C=O) groups is 1. The quantitative estimate of drug-likeness (QED) is 0.886. The second-order valence-electron chi connectivity index (χ2n) is 2.79. The Balaban J connectivity index is 2.70. The number of carbonyl (C=O) groups excluding carboxylic acids is 1. The van der Waals surface area contributed by atoms with Gasteiger partial charge in [0.2, 0.25) is 0 Å². The third-order valence-corrected chi connectivity index (χ3v) is 4.78. The molecule has 0 saturated heterocycles. The van der Waals surface area contributed by atoms with E-state index in [4.69, 9.17) is 5.11 Å². The minimum atomic E-state index is -0.220. The van der Waals surface area contributed by atoms with Crippen molar-refractivity contribution in [3.63, 3.8) is 0 Å². The number of aliphatic hydroxyl groups is 1. The first-order chi connectivity index (χ1) is 6.54. The Morgan fingerprint density at radius 3 is 2.79 bits per heavy atom. The van der Waals surface area contributed by atoms with Crippen molar-refractivity contribution in [2.24, 2.45) is 0 Å². The lowest BCUT2D eigenvalue weighted by Crippen LogP contribution is -2.34. The molecule has 0 aromatic carbocycles. The first-order valence-corrected chi connectivity index (χ1v) is 6.31. The zero-order chi connectivity index (χ0) is 10.7. The summed E-state index contributed by atoms with van der Waals surface area (Å²) in [5.41, 5.74) is 0. The third kappa shape index (κ3) is 3.05. The maximum Gasteiger partial charge on any atom is 0.261 e. The van der Waals surface area contributed by atoms with Gasteiger partial charge >= 0.3 is 0 Å². The zero-order valence-corrected chi connectivity index (χ0v) is 11.4. The molecule has 1 amide bonds. The number of halogens is 2. The lowest BCUT2D eigenvalue weighted by atomic mass is 10.3. The maximum atomic E-state index is 11.5. The van der Waals surface area contributed by atoms with E-state index < -0.39 is 0 Å². The highest BCUT2D eigenvalue weighted by atomic mass is 79.9. The molecule has 1 atom stereocenters.